The predicted molar refractivity (Wildman–Crippen MR) is 38.4 cm³/mol. The van der Waals surface area contributed by atoms with Crippen LogP contribution in [0.2, 0.25) is 0 Å². The van der Waals surface area contributed by atoms with Gasteiger partial charge in [-0.25, -0.2) is 0 Å². The number of rotatable bonds is 1. The van der Waals surface area contributed by atoms with Crippen LogP contribution in [0.3, 0.4) is 0 Å². The van der Waals surface area contributed by atoms with Crippen LogP contribution < -0.4 is 0 Å². The number of nitrogens with zero attached hydrogens (tertiary/aromatic N) is 1. The minimum atomic E-state index is 0.999. The average Bonchev–Trinajstić information content (AvgIpc) is 2.11. The van der Waals surface area contributed by atoms with E-state index >= 15 is 0 Å². The molecule has 1 aliphatic heterocycles. The summed E-state index contributed by atoms with van der Waals surface area (Å²) < 4.78 is 0. The minimum Gasteiger partial charge on any atom is -0.300 e. The summed E-state index contributed by atoms with van der Waals surface area (Å²) in [4.78, 5) is 2.65. The van der Waals surface area contributed by atoms with Crippen molar-refractivity contribution in [1.82, 2.24) is 4.90 Å². The monoisotopic (exact) mass is 125 g/mol. The van der Waals surface area contributed by atoms with Crippen LogP contribution in [0.1, 0.15) is 32.1 Å². The molecule has 0 amide bonds. The molecule has 1 heterocycles. The molecule has 1 saturated heterocycles. The Labute approximate surface area is 57.0 Å². The highest BCUT2D eigenvalue weighted by Crippen LogP contribution is 2.26. The van der Waals surface area contributed by atoms with Gasteiger partial charge in [-0.05, 0) is 32.4 Å². The zero-order chi connectivity index (χ0) is 6.10. The first-order chi connectivity index (χ1) is 4.47. The second kappa shape index (κ2) is 2.30. The van der Waals surface area contributed by atoms with Gasteiger partial charge in [-0.15, -0.1) is 0 Å². The van der Waals surface area contributed by atoms with E-state index in [0.29, 0.717) is 0 Å². The molecule has 0 aromatic carbocycles. The number of hydrogen-bond donors (Lipinski definition) is 0. The summed E-state index contributed by atoms with van der Waals surface area (Å²) in [6, 6.07) is 0.999. The molecule has 2 rings (SSSR count). The highest BCUT2D eigenvalue weighted by molar-refractivity contribution is 4.81. The molecule has 9 heavy (non-hydrogen) atoms. The molecule has 2 aliphatic rings. The van der Waals surface area contributed by atoms with E-state index in [-0.39, 0.29) is 0 Å². The Morgan fingerprint density at radius 1 is 0.889 bits per heavy atom. The molecule has 0 unspecified atom stereocenters. The minimum absolute atomic E-state index is 0.999. The van der Waals surface area contributed by atoms with Crippen LogP contribution in [-0.2, 0) is 0 Å². The van der Waals surface area contributed by atoms with Crippen molar-refractivity contribution in [1.29, 1.82) is 0 Å². The van der Waals surface area contributed by atoms with Crippen LogP contribution in [0, 0.1) is 0 Å². The lowest BCUT2D eigenvalue weighted by molar-refractivity contribution is 0.121. The molecule has 1 saturated carbocycles. The first-order valence-electron chi connectivity index (χ1n) is 4.21. The van der Waals surface area contributed by atoms with E-state index in [0.717, 1.165) is 6.04 Å². The van der Waals surface area contributed by atoms with Crippen molar-refractivity contribution in [2.45, 2.75) is 38.1 Å². The Hall–Kier alpha value is -0.0400. The van der Waals surface area contributed by atoms with E-state index in [2.05, 4.69) is 4.90 Å². The van der Waals surface area contributed by atoms with Gasteiger partial charge in [0.25, 0.3) is 0 Å². The molecule has 0 N–H and O–H groups in total. The van der Waals surface area contributed by atoms with Crippen LogP contribution >= 0.6 is 0 Å². The predicted octanol–water partition coefficient (Wildman–Crippen LogP) is 1.63. The van der Waals surface area contributed by atoms with Gasteiger partial charge >= 0.3 is 0 Å². The molecular formula is C8H15N. The van der Waals surface area contributed by atoms with Crippen molar-refractivity contribution >= 4 is 0 Å². The van der Waals surface area contributed by atoms with E-state index in [9.17, 15) is 0 Å². The summed E-state index contributed by atoms with van der Waals surface area (Å²) in [6.07, 6.45) is 7.40. The molecule has 0 bridgehead atoms. The molecule has 1 aliphatic carbocycles. The molecule has 0 atom stereocenters. The topological polar surface area (TPSA) is 3.24 Å². The molecule has 0 aromatic rings. The number of likely N-dealkylation sites (tertiary alicyclic amines) is 1. The summed E-state index contributed by atoms with van der Waals surface area (Å²) >= 11 is 0. The van der Waals surface area contributed by atoms with Crippen LogP contribution in [0.5, 0.6) is 0 Å². The molecule has 0 aromatic heterocycles. The highest BCUT2D eigenvalue weighted by atomic mass is 15.2. The molecule has 52 valence electrons. The third-order valence-electron chi connectivity index (χ3n) is 2.73. The SMILES string of the molecule is C1CCC(N2CCC2)C1. The van der Waals surface area contributed by atoms with Crippen molar-refractivity contribution in [2.75, 3.05) is 13.1 Å². The van der Waals surface area contributed by atoms with Crippen LogP contribution in [0.4, 0.5) is 0 Å². The fourth-order valence-corrected chi connectivity index (χ4v) is 1.98. The smallest absolute Gasteiger partial charge is 0.00952 e. The summed E-state index contributed by atoms with van der Waals surface area (Å²) in [5, 5.41) is 0. The van der Waals surface area contributed by atoms with Crippen LogP contribution in [0.25, 0.3) is 0 Å². The molecule has 0 radical (unpaired) electrons. The summed E-state index contributed by atoms with van der Waals surface area (Å²) in [6.45, 7) is 2.79. The molecule has 2 fully saturated rings. The van der Waals surface area contributed by atoms with Gasteiger partial charge in [-0.3, -0.25) is 0 Å². The highest BCUT2D eigenvalue weighted by Gasteiger charge is 2.25. The largest absolute Gasteiger partial charge is 0.300 e. The zero-order valence-electron chi connectivity index (χ0n) is 5.97. The van der Waals surface area contributed by atoms with Crippen molar-refractivity contribution in [3.05, 3.63) is 0 Å². The maximum absolute atomic E-state index is 2.65. The van der Waals surface area contributed by atoms with Gasteiger partial charge in [0, 0.05) is 6.04 Å². The van der Waals surface area contributed by atoms with Gasteiger partial charge in [0.05, 0.1) is 0 Å². The molecule has 0 spiro atoms. The Bertz CT molecular complexity index is 90.7. The maximum atomic E-state index is 2.65. The standard InChI is InChI=1S/C8H15N/c1-2-5-8(4-1)9-6-3-7-9/h8H,1-7H2. The van der Waals surface area contributed by atoms with Crippen molar-refractivity contribution in [2.24, 2.45) is 0 Å². The summed E-state index contributed by atoms with van der Waals surface area (Å²) in [5.74, 6) is 0. The van der Waals surface area contributed by atoms with Gasteiger partial charge in [0.2, 0.25) is 0 Å². The second-order valence-corrected chi connectivity index (χ2v) is 3.33. The quantitative estimate of drug-likeness (QED) is 0.515. The Morgan fingerprint density at radius 3 is 2.00 bits per heavy atom. The van der Waals surface area contributed by atoms with Crippen molar-refractivity contribution < 1.29 is 0 Å². The third-order valence-corrected chi connectivity index (χ3v) is 2.73. The zero-order valence-corrected chi connectivity index (χ0v) is 5.97. The summed E-state index contributed by atoms with van der Waals surface area (Å²) in [7, 11) is 0. The van der Waals surface area contributed by atoms with Gasteiger partial charge < -0.3 is 4.90 Å². The molecule has 1 nitrogen and oxygen atoms in total. The van der Waals surface area contributed by atoms with Crippen LogP contribution in [-0.4, -0.2) is 24.0 Å². The van der Waals surface area contributed by atoms with Crippen LogP contribution in [0.15, 0.2) is 0 Å². The van der Waals surface area contributed by atoms with Gasteiger partial charge in [-0.2, -0.15) is 0 Å². The third kappa shape index (κ3) is 0.983. The molecule has 1 heteroatoms. The van der Waals surface area contributed by atoms with Crippen molar-refractivity contribution in [3.63, 3.8) is 0 Å². The fraction of sp³-hybridized carbons (Fsp3) is 1.00. The maximum Gasteiger partial charge on any atom is 0.00952 e. The fourth-order valence-electron chi connectivity index (χ4n) is 1.98. The van der Waals surface area contributed by atoms with Gasteiger partial charge in [-0.1, -0.05) is 12.8 Å². The van der Waals surface area contributed by atoms with Crippen molar-refractivity contribution in [3.8, 4) is 0 Å². The van der Waals surface area contributed by atoms with Gasteiger partial charge in [0.1, 0.15) is 0 Å². The Kier molecular flexibility index (Phi) is 1.46. The van der Waals surface area contributed by atoms with E-state index < -0.39 is 0 Å². The Balaban J connectivity index is 1.82. The van der Waals surface area contributed by atoms with E-state index in [1.54, 1.807) is 0 Å². The normalized spacial score (nSPS) is 30.7. The van der Waals surface area contributed by atoms with Gasteiger partial charge in [0.15, 0.2) is 0 Å². The average molecular weight is 125 g/mol. The van der Waals surface area contributed by atoms with E-state index in [1.807, 2.05) is 0 Å². The molecular weight excluding hydrogens is 110 g/mol. The first kappa shape index (κ1) is 5.72. The van der Waals surface area contributed by atoms with E-state index in [1.165, 1.54) is 45.2 Å². The Morgan fingerprint density at radius 2 is 1.56 bits per heavy atom. The second-order valence-electron chi connectivity index (χ2n) is 3.33. The summed E-state index contributed by atoms with van der Waals surface area (Å²) in [5.41, 5.74) is 0. The lowest BCUT2D eigenvalue weighted by atomic mass is 10.1. The number of hydrogen-bond acceptors (Lipinski definition) is 1. The lowest BCUT2D eigenvalue weighted by Gasteiger charge is -2.36. The van der Waals surface area contributed by atoms with E-state index in [4.69, 9.17) is 0 Å². The first-order valence-corrected chi connectivity index (χ1v) is 4.21. The lowest BCUT2D eigenvalue weighted by Crippen LogP contribution is -2.43.